The molecule has 2 aromatic carbocycles. The fourth-order valence-electron chi connectivity index (χ4n) is 1.37. The topological polar surface area (TPSA) is 23.1 Å². The van der Waals surface area contributed by atoms with Crippen LogP contribution in [0.25, 0.3) is 0 Å². The van der Waals surface area contributed by atoms with Gasteiger partial charge in [0.15, 0.2) is 21.4 Å². The lowest BCUT2D eigenvalue weighted by atomic mass is 10.3. The zero-order chi connectivity index (χ0) is 13.3. The van der Waals surface area contributed by atoms with E-state index in [4.69, 9.17) is 0 Å². The molecule has 0 heterocycles. The highest BCUT2D eigenvalue weighted by Gasteiger charge is 2.24. The van der Waals surface area contributed by atoms with Crippen LogP contribution in [0, 0.1) is 23.3 Å². The predicted octanol–water partition coefficient (Wildman–Crippen LogP) is 3.41. The van der Waals surface area contributed by atoms with Crippen molar-refractivity contribution in [1.29, 1.82) is 0 Å². The van der Waals surface area contributed by atoms with Crippen molar-refractivity contribution in [2.45, 2.75) is 9.79 Å². The summed E-state index contributed by atoms with van der Waals surface area (Å²) in [6.07, 6.45) is 0. The van der Waals surface area contributed by atoms with Gasteiger partial charge in [0, 0.05) is 23.3 Å². The molecule has 0 N–H and O–H groups in total. The lowest BCUT2D eigenvalue weighted by molar-refractivity contribution is 0.535. The van der Waals surface area contributed by atoms with E-state index in [1.54, 1.807) is 0 Å². The summed E-state index contributed by atoms with van der Waals surface area (Å²) in [5.41, 5.74) is 0. The number of benzene rings is 2. The van der Waals surface area contributed by atoms with Crippen molar-refractivity contribution in [3.8, 4) is 0 Å². The first kappa shape index (κ1) is 12.9. The molecule has 0 bridgehead atoms. The Bertz CT molecular complexity index is 537. The molecule has 0 aliphatic rings. The highest BCUT2D eigenvalue weighted by Crippen LogP contribution is 2.26. The van der Waals surface area contributed by atoms with E-state index in [-0.39, 0.29) is 9.79 Å². The molecule has 1 nitrogen and oxygen atoms in total. The maximum Gasteiger partial charge on any atom is 0.194 e. The molecule has 0 aliphatic heterocycles. The molecule has 2 rings (SSSR count). The van der Waals surface area contributed by atoms with E-state index in [2.05, 4.69) is 0 Å². The maximum absolute atomic E-state index is 13.4. The quantitative estimate of drug-likeness (QED) is 0.608. The van der Waals surface area contributed by atoms with Gasteiger partial charge in [0.2, 0.25) is 0 Å². The van der Waals surface area contributed by atoms with Crippen molar-refractivity contribution in [3.63, 3.8) is 0 Å². The maximum atomic E-state index is 13.4. The van der Waals surface area contributed by atoms with E-state index in [1.807, 2.05) is 0 Å². The molecular weight excluding hydrogens is 268 g/mol. The Labute approximate surface area is 103 Å². The molecule has 0 spiro atoms. The van der Waals surface area contributed by atoms with E-state index in [1.165, 1.54) is 0 Å². The van der Waals surface area contributed by atoms with Gasteiger partial charge in [-0.3, -0.25) is 0 Å². The number of hydrogen-bond acceptors (Lipinski definition) is 1. The van der Waals surface area contributed by atoms with Gasteiger partial charge in [0.05, 0.1) is 0 Å². The Hall–Kier alpha value is -1.53. The molecule has 0 radical (unpaired) electrons. The van der Waals surface area contributed by atoms with Gasteiger partial charge in [-0.2, -0.15) is 0 Å². The van der Waals surface area contributed by atoms with Crippen LogP contribution in [-0.2, 0) is 11.2 Å². The molecule has 0 amide bonds. The minimum atomic E-state index is -2.17. The lowest BCUT2D eigenvalue weighted by Gasteiger charge is -2.11. The van der Waals surface area contributed by atoms with Gasteiger partial charge in [0.25, 0.3) is 0 Å². The molecule has 0 aliphatic carbocycles. The number of rotatable bonds is 2. The summed E-state index contributed by atoms with van der Waals surface area (Å²) in [6, 6.07) is 4.85. The first-order chi connectivity index (χ1) is 8.49. The Morgan fingerprint density at radius 3 is 1.44 bits per heavy atom. The smallest absolute Gasteiger partial charge is 0.194 e. The number of hydrogen-bond donors (Lipinski definition) is 0. The van der Waals surface area contributed by atoms with Crippen LogP contribution in [-0.4, -0.2) is 4.55 Å². The van der Waals surface area contributed by atoms with Crippen molar-refractivity contribution in [1.82, 2.24) is 0 Å². The molecular formula is C12H6F4OS. The molecule has 0 saturated carbocycles. The van der Waals surface area contributed by atoms with Crippen LogP contribution >= 0.6 is 0 Å². The summed E-state index contributed by atoms with van der Waals surface area (Å²) >= 11 is -2.17. The molecule has 18 heavy (non-hydrogen) atoms. The molecule has 0 atom stereocenters. The van der Waals surface area contributed by atoms with Gasteiger partial charge in [-0.1, -0.05) is 0 Å². The summed E-state index contributed by atoms with van der Waals surface area (Å²) in [5.74, 6) is -3.74. The molecule has 0 fully saturated rings. The van der Waals surface area contributed by atoms with E-state index in [9.17, 15) is 22.1 Å². The molecule has 0 aromatic heterocycles. The van der Waals surface area contributed by atoms with Crippen molar-refractivity contribution >= 4 is 11.2 Å². The average Bonchev–Trinajstić information content (AvgIpc) is 2.28. The van der Waals surface area contributed by atoms with E-state index < -0.39 is 34.4 Å². The molecule has 0 saturated heterocycles. The third-order valence-corrected chi connectivity index (χ3v) is 3.65. The van der Waals surface area contributed by atoms with E-state index >= 15 is 0 Å². The third-order valence-electron chi connectivity index (χ3n) is 2.19. The largest absolute Gasteiger partial charge is 0.606 e. The van der Waals surface area contributed by atoms with Crippen LogP contribution < -0.4 is 0 Å². The first-order valence-electron chi connectivity index (χ1n) is 4.81. The van der Waals surface area contributed by atoms with Crippen molar-refractivity contribution in [3.05, 3.63) is 59.7 Å². The Morgan fingerprint density at radius 2 is 1.11 bits per heavy atom. The highest BCUT2D eigenvalue weighted by molar-refractivity contribution is 7.91. The normalized spacial score (nSPS) is 11.0. The summed E-state index contributed by atoms with van der Waals surface area (Å²) in [5, 5.41) is 0. The van der Waals surface area contributed by atoms with Gasteiger partial charge in [-0.05, 0) is 24.3 Å². The standard InChI is InChI=1S/C12H6F4OS/c13-7-1-3-11(9(15)5-7)18(17)12-4-2-8(14)6-10(12)16/h1-6H. The second-order valence-corrected chi connectivity index (χ2v) is 4.84. The van der Waals surface area contributed by atoms with Crippen LogP contribution in [0.3, 0.4) is 0 Å². The van der Waals surface area contributed by atoms with Gasteiger partial charge in [-0.25, -0.2) is 17.6 Å². The van der Waals surface area contributed by atoms with E-state index in [0.717, 1.165) is 24.3 Å². The van der Waals surface area contributed by atoms with Crippen LogP contribution in [0.4, 0.5) is 17.6 Å². The van der Waals surface area contributed by atoms with Crippen LogP contribution in [0.1, 0.15) is 0 Å². The van der Waals surface area contributed by atoms with E-state index in [0.29, 0.717) is 12.1 Å². The van der Waals surface area contributed by atoms with Crippen molar-refractivity contribution in [2.75, 3.05) is 0 Å². The Balaban J connectivity index is 2.44. The Morgan fingerprint density at radius 1 is 0.722 bits per heavy atom. The molecule has 0 unspecified atom stereocenters. The summed E-state index contributed by atoms with van der Waals surface area (Å²) in [7, 11) is 0. The second kappa shape index (κ2) is 4.99. The molecule has 6 heteroatoms. The third kappa shape index (κ3) is 2.49. The van der Waals surface area contributed by atoms with Crippen molar-refractivity contribution in [2.24, 2.45) is 0 Å². The van der Waals surface area contributed by atoms with Gasteiger partial charge in [0.1, 0.15) is 11.6 Å². The summed E-state index contributed by atoms with van der Waals surface area (Å²) in [4.78, 5) is -0.719. The summed E-state index contributed by atoms with van der Waals surface area (Å²) < 4.78 is 64.0. The van der Waals surface area contributed by atoms with Gasteiger partial charge < -0.3 is 4.55 Å². The van der Waals surface area contributed by atoms with Gasteiger partial charge >= 0.3 is 0 Å². The first-order valence-corrected chi connectivity index (χ1v) is 5.96. The highest BCUT2D eigenvalue weighted by atomic mass is 32.2. The minimum absolute atomic E-state index is 0.359. The number of halogens is 4. The van der Waals surface area contributed by atoms with Gasteiger partial charge in [-0.15, -0.1) is 0 Å². The average molecular weight is 274 g/mol. The summed E-state index contributed by atoms with van der Waals surface area (Å²) in [6.45, 7) is 0. The van der Waals surface area contributed by atoms with Crippen LogP contribution in [0.2, 0.25) is 0 Å². The zero-order valence-corrected chi connectivity index (χ0v) is 9.61. The van der Waals surface area contributed by atoms with Crippen molar-refractivity contribution < 1.29 is 22.1 Å². The monoisotopic (exact) mass is 274 g/mol. The molecule has 2 aromatic rings. The molecule has 94 valence electrons. The SMILES string of the molecule is [O-][S+](c1ccc(F)cc1F)c1ccc(F)cc1F. The fraction of sp³-hybridized carbons (Fsp3) is 0. The minimum Gasteiger partial charge on any atom is -0.606 e. The van der Waals surface area contributed by atoms with Crippen LogP contribution in [0.5, 0.6) is 0 Å². The lowest BCUT2D eigenvalue weighted by Crippen LogP contribution is -2.07. The Kier molecular flexibility index (Phi) is 3.58. The second-order valence-electron chi connectivity index (χ2n) is 3.42. The predicted molar refractivity (Wildman–Crippen MR) is 57.4 cm³/mol. The van der Waals surface area contributed by atoms with Crippen LogP contribution in [0.15, 0.2) is 46.2 Å². The fourth-order valence-corrected chi connectivity index (χ4v) is 2.46. The zero-order valence-electron chi connectivity index (χ0n) is 8.79.